The van der Waals surface area contributed by atoms with E-state index in [4.69, 9.17) is 4.52 Å². The Morgan fingerprint density at radius 3 is 2.74 bits per heavy atom. The number of hydrogen-bond donors (Lipinski definition) is 2. The Hall–Kier alpha value is -2.11. The Labute approximate surface area is 111 Å². The summed E-state index contributed by atoms with van der Waals surface area (Å²) in [5, 5.41) is 13.4. The van der Waals surface area contributed by atoms with Crippen molar-refractivity contribution in [1.82, 2.24) is 20.7 Å². The molecule has 0 spiro atoms. The van der Waals surface area contributed by atoms with Gasteiger partial charge in [0.25, 0.3) is 5.91 Å². The fourth-order valence-corrected chi connectivity index (χ4v) is 1.91. The summed E-state index contributed by atoms with van der Waals surface area (Å²) in [6.45, 7) is 7.61. The summed E-state index contributed by atoms with van der Waals surface area (Å²) in [5.41, 5.74) is 2.07. The van der Waals surface area contributed by atoms with Crippen molar-refractivity contribution in [3.8, 4) is 0 Å². The third-order valence-corrected chi connectivity index (χ3v) is 3.01. The van der Waals surface area contributed by atoms with E-state index in [1.807, 2.05) is 20.8 Å². The van der Waals surface area contributed by atoms with Crippen molar-refractivity contribution in [2.75, 3.05) is 0 Å². The molecule has 0 aliphatic carbocycles. The first-order valence-corrected chi connectivity index (χ1v) is 6.26. The fourth-order valence-electron chi connectivity index (χ4n) is 1.91. The van der Waals surface area contributed by atoms with Crippen LogP contribution >= 0.6 is 0 Å². The van der Waals surface area contributed by atoms with Crippen molar-refractivity contribution in [3.63, 3.8) is 0 Å². The van der Waals surface area contributed by atoms with Gasteiger partial charge in [0.15, 0.2) is 5.76 Å². The zero-order valence-corrected chi connectivity index (χ0v) is 11.5. The smallest absolute Gasteiger partial charge is 0.257 e. The molecule has 1 amide bonds. The van der Waals surface area contributed by atoms with Gasteiger partial charge in [0.1, 0.15) is 5.56 Å². The van der Waals surface area contributed by atoms with Crippen LogP contribution in [0.2, 0.25) is 0 Å². The molecule has 0 fully saturated rings. The van der Waals surface area contributed by atoms with Gasteiger partial charge in [-0.2, -0.15) is 5.10 Å². The number of carbonyl (C=O) groups excluding carboxylic acids is 1. The minimum atomic E-state index is -0.170. The second-order valence-corrected chi connectivity index (χ2v) is 4.89. The van der Waals surface area contributed by atoms with Crippen LogP contribution in [0.1, 0.15) is 60.1 Å². The van der Waals surface area contributed by atoms with Gasteiger partial charge in [0.05, 0.1) is 17.9 Å². The molecular weight excluding hydrogens is 244 g/mol. The Bertz CT molecular complexity index is 557. The molecule has 6 heteroatoms. The van der Waals surface area contributed by atoms with Crippen molar-refractivity contribution < 1.29 is 9.32 Å². The molecule has 2 aromatic heterocycles. The highest BCUT2D eigenvalue weighted by Gasteiger charge is 2.23. The van der Waals surface area contributed by atoms with E-state index in [-0.39, 0.29) is 17.9 Å². The molecular formula is C13H18N4O2. The number of carbonyl (C=O) groups is 1. The minimum Gasteiger partial charge on any atom is -0.360 e. The first kappa shape index (κ1) is 13.3. The molecule has 102 valence electrons. The molecule has 19 heavy (non-hydrogen) atoms. The largest absolute Gasteiger partial charge is 0.360 e. The molecule has 1 unspecified atom stereocenters. The molecule has 6 nitrogen and oxygen atoms in total. The predicted octanol–water partition coefficient (Wildman–Crippen LogP) is 2.32. The molecule has 0 radical (unpaired) electrons. The van der Waals surface area contributed by atoms with E-state index in [2.05, 4.69) is 20.7 Å². The van der Waals surface area contributed by atoms with E-state index >= 15 is 0 Å². The lowest BCUT2D eigenvalue weighted by molar-refractivity contribution is 0.0937. The fraction of sp³-hybridized carbons (Fsp3) is 0.462. The number of nitrogens with zero attached hydrogens (tertiary/aromatic N) is 2. The Morgan fingerprint density at radius 2 is 2.16 bits per heavy atom. The SMILES string of the molecule is Cc1noc(C(C)C)c1C(=O)NC(C)c1cn[nH]c1. The van der Waals surface area contributed by atoms with E-state index in [9.17, 15) is 4.79 Å². The second-order valence-electron chi connectivity index (χ2n) is 4.89. The zero-order valence-electron chi connectivity index (χ0n) is 11.5. The van der Waals surface area contributed by atoms with Crippen molar-refractivity contribution in [2.24, 2.45) is 0 Å². The van der Waals surface area contributed by atoms with Gasteiger partial charge in [-0.1, -0.05) is 19.0 Å². The van der Waals surface area contributed by atoms with Gasteiger partial charge in [-0.05, 0) is 13.8 Å². The minimum absolute atomic E-state index is 0.117. The molecule has 0 saturated carbocycles. The third-order valence-electron chi connectivity index (χ3n) is 3.01. The second kappa shape index (κ2) is 5.26. The van der Waals surface area contributed by atoms with Crippen LogP contribution in [0.25, 0.3) is 0 Å². The van der Waals surface area contributed by atoms with Gasteiger partial charge < -0.3 is 9.84 Å². The molecule has 2 rings (SSSR count). The van der Waals surface area contributed by atoms with Crippen LogP contribution in [0.15, 0.2) is 16.9 Å². The van der Waals surface area contributed by atoms with E-state index < -0.39 is 0 Å². The van der Waals surface area contributed by atoms with Gasteiger partial charge >= 0.3 is 0 Å². The van der Waals surface area contributed by atoms with Gasteiger partial charge in [-0.15, -0.1) is 0 Å². The van der Waals surface area contributed by atoms with E-state index in [0.717, 1.165) is 5.56 Å². The number of amides is 1. The monoisotopic (exact) mass is 262 g/mol. The highest BCUT2D eigenvalue weighted by atomic mass is 16.5. The quantitative estimate of drug-likeness (QED) is 0.885. The Balaban J connectivity index is 2.18. The van der Waals surface area contributed by atoms with Crippen LogP contribution in [0.5, 0.6) is 0 Å². The Morgan fingerprint density at radius 1 is 1.42 bits per heavy atom. The van der Waals surface area contributed by atoms with Crippen LogP contribution in [0, 0.1) is 6.92 Å². The number of aromatic nitrogens is 3. The van der Waals surface area contributed by atoms with Crippen molar-refractivity contribution in [3.05, 3.63) is 35.0 Å². The maximum atomic E-state index is 12.3. The summed E-state index contributed by atoms with van der Waals surface area (Å²) in [6.07, 6.45) is 3.45. The lowest BCUT2D eigenvalue weighted by atomic mass is 10.0. The lowest BCUT2D eigenvalue weighted by Gasteiger charge is -2.12. The molecule has 0 aliphatic rings. The third kappa shape index (κ3) is 2.67. The average Bonchev–Trinajstić information content (AvgIpc) is 2.96. The number of aryl methyl sites for hydroxylation is 1. The number of rotatable bonds is 4. The predicted molar refractivity (Wildman–Crippen MR) is 69.8 cm³/mol. The summed E-state index contributed by atoms with van der Waals surface area (Å²) >= 11 is 0. The number of hydrogen-bond acceptors (Lipinski definition) is 4. The van der Waals surface area contributed by atoms with Crippen LogP contribution < -0.4 is 5.32 Å². The maximum absolute atomic E-state index is 12.3. The van der Waals surface area contributed by atoms with E-state index in [0.29, 0.717) is 17.0 Å². The maximum Gasteiger partial charge on any atom is 0.257 e. The van der Waals surface area contributed by atoms with Crippen molar-refractivity contribution >= 4 is 5.91 Å². The highest BCUT2D eigenvalue weighted by molar-refractivity contribution is 5.96. The molecule has 2 aromatic rings. The number of aromatic amines is 1. The van der Waals surface area contributed by atoms with Crippen LogP contribution in [0.4, 0.5) is 0 Å². The summed E-state index contributed by atoms with van der Waals surface area (Å²) in [5.74, 6) is 0.566. The van der Waals surface area contributed by atoms with Gasteiger partial charge in [-0.25, -0.2) is 0 Å². The molecule has 0 bridgehead atoms. The van der Waals surface area contributed by atoms with Crippen LogP contribution in [0.3, 0.4) is 0 Å². The molecule has 0 aromatic carbocycles. The molecule has 2 heterocycles. The molecule has 0 aliphatic heterocycles. The van der Waals surface area contributed by atoms with Crippen LogP contribution in [-0.4, -0.2) is 21.3 Å². The first-order chi connectivity index (χ1) is 9.00. The van der Waals surface area contributed by atoms with Gasteiger partial charge in [-0.3, -0.25) is 9.89 Å². The lowest BCUT2D eigenvalue weighted by Crippen LogP contribution is -2.27. The highest BCUT2D eigenvalue weighted by Crippen LogP contribution is 2.23. The van der Waals surface area contributed by atoms with Crippen LogP contribution in [-0.2, 0) is 0 Å². The summed E-state index contributed by atoms with van der Waals surface area (Å²) in [4.78, 5) is 12.3. The number of H-pyrrole nitrogens is 1. The molecule has 2 N–H and O–H groups in total. The molecule has 0 saturated heterocycles. The Kier molecular flexibility index (Phi) is 3.69. The summed E-state index contributed by atoms with van der Waals surface area (Å²) in [7, 11) is 0. The zero-order chi connectivity index (χ0) is 14.0. The van der Waals surface area contributed by atoms with Crippen molar-refractivity contribution in [1.29, 1.82) is 0 Å². The van der Waals surface area contributed by atoms with E-state index in [1.54, 1.807) is 19.3 Å². The summed E-state index contributed by atoms with van der Waals surface area (Å²) in [6, 6.07) is -0.124. The first-order valence-electron chi connectivity index (χ1n) is 6.26. The van der Waals surface area contributed by atoms with Crippen molar-refractivity contribution in [2.45, 2.75) is 39.7 Å². The normalized spacial score (nSPS) is 12.7. The van der Waals surface area contributed by atoms with E-state index in [1.165, 1.54) is 0 Å². The topological polar surface area (TPSA) is 83.8 Å². The standard InChI is InChI=1S/C13H18N4O2/c1-7(2)12-11(9(4)17-19-12)13(18)16-8(3)10-5-14-15-6-10/h5-8H,1-4H3,(H,14,15)(H,16,18). The summed E-state index contributed by atoms with van der Waals surface area (Å²) < 4.78 is 5.22. The number of nitrogens with one attached hydrogen (secondary N) is 2. The van der Waals surface area contributed by atoms with Gasteiger partial charge in [0.2, 0.25) is 0 Å². The molecule has 1 atom stereocenters. The average molecular weight is 262 g/mol. The van der Waals surface area contributed by atoms with Gasteiger partial charge in [0, 0.05) is 17.7 Å².